The number of rotatable bonds is 12. The standard InChI is InChI=1S/C31H41N5O6S/c1-21(2)27(35-43(41,42)19-23-8-4-3-5-9-23)28(37)34-31(16-24-10-6-7-11-25(24)17-31)29(38)33-18-22-12-14-26(15-13-22)36(20-32)30(39)40/h6-7,10-15,20-21,23,27,32,35H,3-5,8-9,16-19H2,1-2H3,(H,33,38)(H,34,37)(H,39,40)/t27-/m1/s1. The third kappa shape index (κ3) is 7.99. The quantitative estimate of drug-likeness (QED) is 0.182. The van der Waals surface area contributed by atoms with Crippen molar-refractivity contribution < 1.29 is 27.9 Å². The second-order valence-electron chi connectivity index (χ2n) is 11.9. The third-order valence-electron chi connectivity index (χ3n) is 8.34. The maximum atomic E-state index is 13.8. The van der Waals surface area contributed by atoms with Crippen LogP contribution in [0.3, 0.4) is 0 Å². The number of nitrogens with one attached hydrogen (secondary N) is 4. The van der Waals surface area contributed by atoms with Gasteiger partial charge in [0.05, 0.1) is 17.8 Å². The second kappa shape index (κ2) is 13.7. The van der Waals surface area contributed by atoms with E-state index in [0.29, 0.717) is 17.6 Å². The van der Waals surface area contributed by atoms with Gasteiger partial charge in [0.25, 0.3) is 0 Å². The van der Waals surface area contributed by atoms with Crippen molar-refractivity contribution in [1.29, 1.82) is 5.41 Å². The van der Waals surface area contributed by atoms with Gasteiger partial charge < -0.3 is 15.7 Å². The largest absolute Gasteiger partial charge is 0.464 e. The molecule has 12 heteroatoms. The highest BCUT2D eigenvalue weighted by molar-refractivity contribution is 7.89. The summed E-state index contributed by atoms with van der Waals surface area (Å²) in [5.41, 5.74) is 1.53. The molecule has 11 nitrogen and oxygen atoms in total. The molecule has 0 aliphatic heterocycles. The Morgan fingerprint density at radius 2 is 1.63 bits per heavy atom. The van der Waals surface area contributed by atoms with E-state index in [4.69, 9.17) is 5.41 Å². The van der Waals surface area contributed by atoms with Gasteiger partial charge in [-0.3, -0.25) is 15.0 Å². The van der Waals surface area contributed by atoms with Crippen LogP contribution in [-0.2, 0) is 39.0 Å². The molecule has 2 aliphatic carbocycles. The number of hydrogen-bond donors (Lipinski definition) is 5. The Balaban J connectivity index is 1.49. The summed E-state index contributed by atoms with van der Waals surface area (Å²) in [6, 6.07) is 12.9. The first-order valence-corrected chi connectivity index (χ1v) is 16.4. The number of hydrogen-bond acceptors (Lipinski definition) is 6. The molecule has 0 unspecified atom stereocenters. The molecule has 1 atom stereocenters. The Bertz CT molecular complexity index is 1410. The van der Waals surface area contributed by atoms with Crippen molar-refractivity contribution in [2.24, 2.45) is 11.8 Å². The number of carboxylic acid groups (broad SMARTS) is 1. The molecule has 0 radical (unpaired) electrons. The first-order chi connectivity index (χ1) is 20.4. The van der Waals surface area contributed by atoms with Gasteiger partial charge in [0, 0.05) is 19.4 Å². The average Bonchev–Trinajstić information content (AvgIpc) is 3.35. The molecule has 1 fully saturated rings. The first kappa shape index (κ1) is 32.2. The summed E-state index contributed by atoms with van der Waals surface area (Å²) in [6.07, 6.45) is 4.80. The predicted molar refractivity (Wildman–Crippen MR) is 164 cm³/mol. The van der Waals surface area contributed by atoms with Crippen molar-refractivity contribution in [3.05, 3.63) is 65.2 Å². The summed E-state index contributed by atoms with van der Waals surface area (Å²) in [6.45, 7) is 3.67. The van der Waals surface area contributed by atoms with E-state index >= 15 is 0 Å². The highest BCUT2D eigenvalue weighted by Crippen LogP contribution is 2.31. The van der Waals surface area contributed by atoms with Gasteiger partial charge in [-0.15, -0.1) is 0 Å². The fourth-order valence-corrected chi connectivity index (χ4v) is 7.81. The molecule has 5 N–H and O–H groups in total. The number of carbonyl (C=O) groups excluding carboxylic acids is 2. The molecule has 1 saturated carbocycles. The summed E-state index contributed by atoms with van der Waals surface area (Å²) < 4.78 is 28.9. The van der Waals surface area contributed by atoms with E-state index < -0.39 is 39.5 Å². The second-order valence-corrected chi connectivity index (χ2v) is 13.7. The zero-order valence-corrected chi connectivity index (χ0v) is 25.5. The smallest absolute Gasteiger partial charge is 0.417 e. The summed E-state index contributed by atoms with van der Waals surface area (Å²) in [5.74, 6) is -1.23. The van der Waals surface area contributed by atoms with E-state index in [-0.39, 0.29) is 37.0 Å². The molecule has 232 valence electrons. The molecule has 4 rings (SSSR count). The van der Waals surface area contributed by atoms with Crippen LogP contribution < -0.4 is 20.3 Å². The third-order valence-corrected chi connectivity index (χ3v) is 9.86. The van der Waals surface area contributed by atoms with Gasteiger partial charge >= 0.3 is 6.09 Å². The van der Waals surface area contributed by atoms with Crippen LogP contribution in [0.4, 0.5) is 10.5 Å². The summed E-state index contributed by atoms with van der Waals surface area (Å²) in [7, 11) is -3.73. The fraction of sp³-hybridized carbons (Fsp3) is 0.484. The van der Waals surface area contributed by atoms with E-state index in [0.717, 1.165) is 48.1 Å². The van der Waals surface area contributed by atoms with Crippen LogP contribution in [0.25, 0.3) is 0 Å². The van der Waals surface area contributed by atoms with Crippen LogP contribution in [0.1, 0.15) is 62.6 Å². The van der Waals surface area contributed by atoms with E-state index in [1.54, 1.807) is 26.0 Å². The number of carbonyl (C=O) groups is 3. The van der Waals surface area contributed by atoms with Crippen LogP contribution >= 0.6 is 0 Å². The van der Waals surface area contributed by atoms with E-state index in [1.807, 2.05) is 24.3 Å². The van der Waals surface area contributed by atoms with Gasteiger partial charge in [0.15, 0.2) is 0 Å². The molecule has 0 bridgehead atoms. The van der Waals surface area contributed by atoms with Crippen LogP contribution in [0.5, 0.6) is 0 Å². The lowest BCUT2D eigenvalue weighted by atomic mass is 9.91. The zero-order valence-electron chi connectivity index (χ0n) is 24.6. The Morgan fingerprint density at radius 3 is 2.16 bits per heavy atom. The first-order valence-electron chi connectivity index (χ1n) is 14.7. The summed E-state index contributed by atoms with van der Waals surface area (Å²) in [4.78, 5) is 39.6. The molecular weight excluding hydrogens is 570 g/mol. The molecule has 43 heavy (non-hydrogen) atoms. The van der Waals surface area contributed by atoms with Crippen LogP contribution in [0.15, 0.2) is 48.5 Å². The average molecular weight is 612 g/mol. The number of nitrogens with zero attached hydrogens (tertiary/aromatic N) is 1. The van der Waals surface area contributed by atoms with Crippen LogP contribution in [-0.4, -0.2) is 55.1 Å². The monoisotopic (exact) mass is 611 g/mol. The molecule has 0 saturated heterocycles. The Kier molecular flexibility index (Phi) is 10.2. The van der Waals surface area contributed by atoms with E-state index in [2.05, 4.69) is 15.4 Å². The maximum Gasteiger partial charge on any atom is 0.417 e. The van der Waals surface area contributed by atoms with Crippen molar-refractivity contribution in [3.8, 4) is 0 Å². The highest BCUT2D eigenvalue weighted by Gasteiger charge is 2.46. The Morgan fingerprint density at radius 1 is 1.02 bits per heavy atom. The topological polar surface area (TPSA) is 169 Å². The highest BCUT2D eigenvalue weighted by atomic mass is 32.2. The lowest BCUT2D eigenvalue weighted by molar-refractivity contribution is -0.134. The minimum atomic E-state index is -3.73. The van der Waals surface area contributed by atoms with Crippen molar-refractivity contribution >= 4 is 40.0 Å². The molecule has 2 aliphatic rings. The van der Waals surface area contributed by atoms with Crippen molar-refractivity contribution in [1.82, 2.24) is 15.4 Å². The number of amides is 3. The molecule has 2 aromatic carbocycles. The minimum absolute atomic E-state index is 0.0105. The minimum Gasteiger partial charge on any atom is -0.464 e. The van der Waals surface area contributed by atoms with Gasteiger partial charge in [-0.1, -0.05) is 69.5 Å². The molecule has 0 aromatic heterocycles. The fourth-order valence-electron chi connectivity index (χ4n) is 6.00. The lowest BCUT2D eigenvalue weighted by Crippen LogP contribution is -2.63. The SMILES string of the molecule is CC(C)[C@@H](NS(=O)(=O)CC1CCCCC1)C(=O)NC1(C(=O)NCc2ccc(N(C=N)C(=O)O)cc2)Cc2ccccc2C1. The van der Waals surface area contributed by atoms with Gasteiger partial charge in [-0.2, -0.15) is 0 Å². The van der Waals surface area contributed by atoms with Crippen molar-refractivity contribution in [2.45, 2.75) is 76.9 Å². The summed E-state index contributed by atoms with van der Waals surface area (Å²) >= 11 is 0. The number of sulfonamides is 1. The number of fused-ring (bicyclic) bond motifs is 1. The molecule has 0 spiro atoms. The normalized spacial score (nSPS) is 17.1. The van der Waals surface area contributed by atoms with Gasteiger partial charge in [-0.05, 0) is 53.5 Å². The predicted octanol–water partition coefficient (Wildman–Crippen LogP) is 3.57. The number of anilines is 1. The van der Waals surface area contributed by atoms with Crippen molar-refractivity contribution in [2.75, 3.05) is 10.7 Å². The van der Waals surface area contributed by atoms with Crippen LogP contribution in [0, 0.1) is 17.2 Å². The Hall–Kier alpha value is -3.77. The zero-order chi connectivity index (χ0) is 31.2. The molecule has 2 aromatic rings. The van der Waals surface area contributed by atoms with E-state index in [9.17, 15) is 27.9 Å². The molecular formula is C31H41N5O6S. The Labute approximate surface area is 253 Å². The van der Waals surface area contributed by atoms with Gasteiger partial charge in [0.1, 0.15) is 11.6 Å². The summed E-state index contributed by atoms with van der Waals surface area (Å²) in [5, 5.41) is 22.4. The van der Waals surface area contributed by atoms with Gasteiger partial charge in [-0.25, -0.2) is 22.8 Å². The lowest BCUT2D eigenvalue weighted by Gasteiger charge is -2.32. The number of benzene rings is 2. The molecule has 3 amide bonds. The van der Waals surface area contributed by atoms with E-state index in [1.165, 1.54) is 12.1 Å². The van der Waals surface area contributed by atoms with Gasteiger partial charge in [0.2, 0.25) is 21.8 Å². The van der Waals surface area contributed by atoms with Crippen LogP contribution in [0.2, 0.25) is 0 Å². The molecule has 0 heterocycles. The van der Waals surface area contributed by atoms with Crippen molar-refractivity contribution in [3.63, 3.8) is 0 Å². The maximum absolute atomic E-state index is 13.8.